The molecule has 0 fully saturated rings. The number of carboxylic acid groups (broad SMARTS) is 2. The number of aryl methyl sites for hydroxylation is 4. The van der Waals surface area contributed by atoms with E-state index in [9.17, 15) is 60.4 Å². The molecule has 10 N–H and O–H groups in total. The first-order valence-corrected chi connectivity index (χ1v) is 27.1. The quantitative estimate of drug-likeness (QED) is 0.0116. The first kappa shape index (κ1) is 63.9. The van der Waals surface area contributed by atoms with E-state index in [1.54, 1.807) is 31.2 Å². The predicted molar refractivity (Wildman–Crippen MR) is 286 cm³/mol. The number of carbonyl (C=O) groups is 2. The maximum absolute atomic E-state index is 12.9. The molecule has 81 heavy (non-hydrogen) atoms. The highest BCUT2D eigenvalue weighted by Crippen LogP contribution is 2.30. The largest absolute Gasteiger partial charge is 0.478 e. The van der Waals surface area contributed by atoms with Crippen molar-refractivity contribution in [2.45, 2.75) is 55.7 Å². The molecule has 0 spiro atoms. The van der Waals surface area contributed by atoms with Crippen LogP contribution in [0.2, 0.25) is 0 Å². The molecular weight excluding hydrogens is 1160 g/mol. The van der Waals surface area contributed by atoms with Gasteiger partial charge in [-0.3, -0.25) is 54.2 Å². The van der Waals surface area contributed by atoms with Gasteiger partial charge >= 0.3 is 22.3 Å². The Bertz CT molecular complexity index is 3970. The number of nitrogens with one attached hydrogen (secondary N) is 4. The Balaban J connectivity index is 0.000000297. The van der Waals surface area contributed by atoms with Gasteiger partial charge in [0.2, 0.25) is 21.7 Å². The van der Waals surface area contributed by atoms with E-state index in [1.807, 2.05) is 6.92 Å². The van der Waals surface area contributed by atoms with Gasteiger partial charge in [-0.05, 0) is 129 Å². The van der Waals surface area contributed by atoms with E-state index in [1.165, 1.54) is 54.6 Å². The molecule has 0 unspecified atom stereocenters. The summed E-state index contributed by atoms with van der Waals surface area (Å²) >= 11 is 0.962. The Morgan fingerprint density at radius 3 is 1.62 bits per heavy atom. The van der Waals surface area contributed by atoms with Crippen LogP contribution in [0.5, 0.6) is 0 Å². The lowest BCUT2D eigenvalue weighted by atomic mass is 10.1. The zero-order chi connectivity index (χ0) is 59.3. The van der Waals surface area contributed by atoms with Crippen LogP contribution in [0.4, 0.5) is 22.7 Å². The monoisotopic (exact) mass is 1200 g/mol. The van der Waals surface area contributed by atoms with Gasteiger partial charge in [-0.2, -0.15) is 37.2 Å². The molecule has 0 radical (unpaired) electrons. The normalized spacial score (nSPS) is 12.5. The van der Waals surface area contributed by atoms with Crippen LogP contribution in [0.1, 0.15) is 62.7 Å². The zero-order valence-electron chi connectivity index (χ0n) is 41.8. The number of hydrogen-bond acceptors (Lipinski definition) is 28. The molecule has 0 saturated heterocycles. The molecule has 0 aliphatic carbocycles. The summed E-state index contributed by atoms with van der Waals surface area (Å²) in [6.45, 7) is 3.48. The van der Waals surface area contributed by atoms with Gasteiger partial charge in [-0.1, -0.05) is 46.8 Å². The molecule has 0 atom stereocenters. The number of hydrogen-bond donors (Lipinski definition) is 10. The van der Waals surface area contributed by atoms with E-state index in [2.05, 4.69) is 65.0 Å². The molecule has 0 aliphatic heterocycles. The molecule has 34 heteroatoms. The molecule has 6 aromatic carbocycles. The van der Waals surface area contributed by atoms with E-state index < -0.39 is 69.8 Å². The van der Waals surface area contributed by atoms with Gasteiger partial charge in [0.1, 0.15) is 15.6 Å². The topological polar surface area (TPSA) is 445 Å². The lowest BCUT2D eigenvalue weighted by molar-refractivity contribution is -0.434. The lowest BCUT2D eigenvalue weighted by Gasteiger charge is -2.09. The van der Waals surface area contributed by atoms with E-state index in [4.69, 9.17) is 19.3 Å². The molecule has 0 heterocycles. The van der Waals surface area contributed by atoms with Gasteiger partial charge in [0, 0.05) is 0 Å². The molecule has 0 aromatic heterocycles. The Morgan fingerprint density at radius 1 is 0.580 bits per heavy atom. The summed E-state index contributed by atoms with van der Waals surface area (Å²) in [5, 5.41) is 56.4. The second kappa shape index (κ2) is 30.6. The van der Waals surface area contributed by atoms with E-state index in [0.29, 0.717) is 71.6 Å². The van der Waals surface area contributed by atoms with Gasteiger partial charge in [-0.25, -0.2) is 24.3 Å². The maximum atomic E-state index is 12.9. The van der Waals surface area contributed by atoms with Gasteiger partial charge < -0.3 is 10.2 Å². The van der Waals surface area contributed by atoms with Crippen molar-refractivity contribution in [3.63, 3.8) is 0 Å². The minimum absolute atomic E-state index is 0.0586. The molecule has 6 rings (SSSR count). The molecule has 30 nitrogen and oxygen atoms in total. The highest BCUT2D eigenvalue weighted by atomic mass is 32.3. The van der Waals surface area contributed by atoms with Crippen LogP contribution >= 0.6 is 24.4 Å². The van der Waals surface area contributed by atoms with Crippen LogP contribution in [0.3, 0.4) is 0 Å². The summed E-state index contributed by atoms with van der Waals surface area (Å²) in [7, 11) is -9.29. The van der Waals surface area contributed by atoms with Crippen molar-refractivity contribution >= 4 is 79.6 Å². The highest BCUT2D eigenvalue weighted by Gasteiger charge is 2.18. The third-order valence-electron chi connectivity index (χ3n) is 10.6. The second-order valence-corrected chi connectivity index (χ2v) is 19.9. The Hall–Kier alpha value is -7.94. The van der Waals surface area contributed by atoms with Crippen molar-refractivity contribution in [1.29, 1.82) is 0 Å². The Morgan fingerprint density at radius 2 is 1.07 bits per heavy atom. The fourth-order valence-electron chi connectivity index (χ4n) is 6.77. The summed E-state index contributed by atoms with van der Waals surface area (Å²) < 4.78 is 81.3. The maximum Gasteiger partial charge on any atom is 0.397 e. The summed E-state index contributed by atoms with van der Waals surface area (Å²) in [5.41, 5.74) is 9.54. The molecule has 0 amide bonds. The van der Waals surface area contributed by atoms with Gasteiger partial charge in [0.05, 0.1) is 64.0 Å². The predicted octanol–water partition coefficient (Wildman–Crippen LogP) is 2.90. The molecule has 6 aromatic rings. The zero-order valence-corrected chi connectivity index (χ0v) is 45.1. The first-order valence-electron chi connectivity index (χ1n) is 22.9. The number of benzene rings is 6. The molecule has 0 bridgehead atoms. The van der Waals surface area contributed by atoms with E-state index in [0.717, 1.165) is 23.8 Å². The van der Waals surface area contributed by atoms with Crippen molar-refractivity contribution in [2.24, 2.45) is 20.4 Å². The highest BCUT2D eigenvalue weighted by molar-refractivity contribution is 7.94. The lowest BCUT2D eigenvalue weighted by Crippen LogP contribution is -2.48. The number of anilines is 4. The fraction of sp³-hybridized carbons (Fsp3) is 0.191. The van der Waals surface area contributed by atoms with Crippen molar-refractivity contribution in [3.8, 4) is 0 Å². The van der Waals surface area contributed by atoms with Crippen LogP contribution < -0.4 is 64.8 Å². The minimum Gasteiger partial charge on any atom is -0.478 e. The number of aromatic carboxylic acids is 2. The van der Waals surface area contributed by atoms with E-state index >= 15 is 0 Å². The standard InChI is InChI=1S/C24H24N4O11S2.C23H22N4O11S2/c1-2-14-5-7-17(16(12-14)24(31)32)25-27-19-9-10-20(29)22(23(19)30)28-26-18-8-6-15(13-21(18)41(34,35)36)4-3-11-37-40-39-38-33;1-13-4-6-16(15(11-13)23(30)31)24-26-18-8-9-19(28)21(22(18)29)27-25-17-7-5-14(12-20(17)39-38-37-32)3-2-10-36-40(33,34)35/h5-10,12-13,25-26,33H,2-4,11H2,1H3,(H,31,32)(H,34,35,36);4-9,11-12,24-25,32H,2-3,10H2,1H3,(H,30,31)(H,33,34,35). The molecule has 430 valence electrons. The number of rotatable bonds is 27. The average molecular weight is 1200 g/mol. The summed E-state index contributed by atoms with van der Waals surface area (Å²) in [5.74, 6) is -2.40. The van der Waals surface area contributed by atoms with Crippen molar-refractivity contribution in [1.82, 2.24) is 0 Å². The third kappa shape index (κ3) is 19.7. The van der Waals surface area contributed by atoms with Crippen molar-refractivity contribution < 1.29 is 83.4 Å². The SMILES string of the molecule is CCc1ccc(NN=c2ccc(=O)c(=NNc3ccc(CCCOSOOO)cc3S(=O)(=O)O)c2=O)c(C(=O)O)c1.Cc1ccc(NN=c2ccc(=O)c(=NNc3ccc(CCCOS(=O)(=O)O)cc3SOOO)c2=O)c(C(=O)O)c1. The number of carboxylic acids is 2. The van der Waals surface area contributed by atoms with Crippen LogP contribution in [0.15, 0.2) is 146 Å². The van der Waals surface area contributed by atoms with Gasteiger partial charge in [0.25, 0.3) is 10.1 Å². The molecular formula is C47H46N8O22S4. The van der Waals surface area contributed by atoms with Crippen LogP contribution in [-0.2, 0) is 66.9 Å². The summed E-state index contributed by atoms with van der Waals surface area (Å²) in [4.78, 5) is 73.4. The van der Waals surface area contributed by atoms with E-state index in [-0.39, 0.29) is 64.2 Å². The van der Waals surface area contributed by atoms with Crippen LogP contribution in [0, 0.1) is 6.92 Å². The summed E-state index contributed by atoms with van der Waals surface area (Å²) in [6, 6.07) is 22.4. The van der Waals surface area contributed by atoms with Crippen molar-refractivity contribution in [2.75, 3.05) is 34.9 Å². The fourth-order valence-corrected chi connectivity index (χ4v) is 8.55. The van der Waals surface area contributed by atoms with Crippen LogP contribution in [0.25, 0.3) is 0 Å². The smallest absolute Gasteiger partial charge is 0.397 e. The molecule has 0 saturated carbocycles. The summed E-state index contributed by atoms with van der Waals surface area (Å²) in [6.07, 6.45) is 1.91. The minimum atomic E-state index is -4.74. The van der Waals surface area contributed by atoms with Gasteiger partial charge in [0.15, 0.2) is 23.0 Å². The third-order valence-corrected chi connectivity index (χ3v) is 13.0. The second-order valence-electron chi connectivity index (χ2n) is 16.2. The van der Waals surface area contributed by atoms with Crippen LogP contribution in [-0.4, -0.2) is 71.8 Å². The van der Waals surface area contributed by atoms with Crippen molar-refractivity contribution in [3.05, 3.63) is 193 Å². The Kier molecular flexibility index (Phi) is 24.1. The number of nitrogens with zero attached hydrogens (tertiary/aromatic N) is 4. The Labute approximate surface area is 464 Å². The average Bonchev–Trinajstić information content (AvgIpc) is 3.42. The van der Waals surface area contributed by atoms with Gasteiger partial charge in [-0.15, -0.1) is 8.67 Å². The first-order chi connectivity index (χ1) is 38.5. The molecule has 0 aliphatic rings.